The summed E-state index contributed by atoms with van der Waals surface area (Å²) >= 11 is 1.75. The summed E-state index contributed by atoms with van der Waals surface area (Å²) < 4.78 is 2.37. The van der Waals surface area contributed by atoms with Crippen molar-refractivity contribution in [2.75, 3.05) is 6.61 Å². The van der Waals surface area contributed by atoms with Crippen LogP contribution in [0.15, 0.2) is 35.7 Å². The third-order valence-electron chi connectivity index (χ3n) is 5.84. The van der Waals surface area contributed by atoms with Gasteiger partial charge in [0.15, 0.2) is 5.78 Å². The van der Waals surface area contributed by atoms with Gasteiger partial charge in [0.05, 0.1) is 11.0 Å². The molecule has 3 aromatic rings. The molecule has 0 aliphatic heterocycles. The van der Waals surface area contributed by atoms with Gasteiger partial charge in [-0.25, -0.2) is 4.98 Å². The molecule has 4 nitrogen and oxygen atoms in total. The average molecular weight is 427 g/mol. The minimum atomic E-state index is 0.0182. The Bertz CT molecular complexity index is 955. The summed E-state index contributed by atoms with van der Waals surface area (Å²) in [7, 11) is 0. The van der Waals surface area contributed by atoms with Crippen molar-refractivity contribution < 1.29 is 9.90 Å². The molecule has 0 fully saturated rings. The number of ketones is 1. The molecule has 1 atom stereocenters. The number of aromatic nitrogens is 2. The number of fused-ring (bicyclic) bond motifs is 1. The Morgan fingerprint density at radius 3 is 2.57 bits per heavy atom. The summed E-state index contributed by atoms with van der Waals surface area (Å²) in [4.78, 5) is 19.2. The van der Waals surface area contributed by atoms with E-state index in [1.54, 1.807) is 11.3 Å². The number of benzene rings is 1. The normalized spacial score (nSPS) is 12.9. The molecular formula is C25H34N2O2S. The van der Waals surface area contributed by atoms with Crippen molar-refractivity contribution in [3.8, 4) is 0 Å². The predicted molar refractivity (Wildman–Crippen MR) is 125 cm³/mol. The first-order valence-electron chi connectivity index (χ1n) is 11.1. The zero-order valence-corrected chi connectivity index (χ0v) is 19.4. The number of carbonyl (C=O) groups excluding carboxylic acids is 1. The van der Waals surface area contributed by atoms with Crippen LogP contribution in [0, 0.1) is 11.8 Å². The second kappa shape index (κ2) is 10.4. The van der Waals surface area contributed by atoms with Crippen LogP contribution in [0.2, 0.25) is 0 Å². The molecule has 1 aromatic carbocycles. The van der Waals surface area contributed by atoms with E-state index in [0.29, 0.717) is 23.9 Å². The number of rotatable bonds is 11. The van der Waals surface area contributed by atoms with E-state index in [2.05, 4.69) is 55.8 Å². The first-order chi connectivity index (χ1) is 14.5. The highest BCUT2D eigenvalue weighted by Crippen LogP contribution is 2.29. The maximum atomic E-state index is 12.9. The van der Waals surface area contributed by atoms with Crippen LogP contribution in [0.1, 0.15) is 80.5 Å². The Morgan fingerprint density at radius 1 is 1.20 bits per heavy atom. The fraction of sp³-hybridized carbons (Fsp3) is 0.520. The zero-order chi connectivity index (χ0) is 21.7. The van der Waals surface area contributed by atoms with Crippen molar-refractivity contribution in [1.29, 1.82) is 0 Å². The van der Waals surface area contributed by atoms with Gasteiger partial charge in [-0.05, 0) is 60.7 Å². The van der Waals surface area contributed by atoms with Crippen molar-refractivity contribution in [3.05, 3.63) is 52.0 Å². The molecule has 162 valence electrons. The summed E-state index contributed by atoms with van der Waals surface area (Å²) in [6.07, 6.45) is 4.16. The van der Waals surface area contributed by atoms with Crippen molar-refractivity contribution in [1.82, 2.24) is 9.55 Å². The lowest BCUT2D eigenvalue weighted by molar-refractivity contribution is 0.0924. The fourth-order valence-electron chi connectivity index (χ4n) is 4.35. The van der Waals surface area contributed by atoms with Crippen LogP contribution in [-0.2, 0) is 6.42 Å². The van der Waals surface area contributed by atoms with Gasteiger partial charge in [-0.15, -0.1) is 11.3 Å². The Labute approximate surface area is 184 Å². The number of thiophene rings is 1. The van der Waals surface area contributed by atoms with Gasteiger partial charge in [0.2, 0.25) is 0 Å². The number of imidazole rings is 1. The minimum Gasteiger partial charge on any atom is -0.396 e. The highest BCUT2D eigenvalue weighted by atomic mass is 32.1. The molecule has 0 saturated heterocycles. The van der Waals surface area contributed by atoms with Gasteiger partial charge in [0.25, 0.3) is 0 Å². The van der Waals surface area contributed by atoms with Gasteiger partial charge < -0.3 is 9.67 Å². The van der Waals surface area contributed by atoms with E-state index in [4.69, 9.17) is 4.98 Å². The van der Waals surface area contributed by atoms with E-state index < -0.39 is 0 Å². The molecule has 0 bridgehead atoms. The molecule has 0 spiro atoms. The zero-order valence-electron chi connectivity index (χ0n) is 18.6. The minimum absolute atomic E-state index is 0.0182. The summed E-state index contributed by atoms with van der Waals surface area (Å²) in [5.41, 5.74) is 2.69. The van der Waals surface area contributed by atoms with Crippen molar-refractivity contribution in [3.63, 3.8) is 0 Å². The van der Waals surface area contributed by atoms with E-state index in [9.17, 15) is 9.90 Å². The molecule has 2 heterocycles. The predicted octanol–water partition coefficient (Wildman–Crippen LogP) is 6.28. The average Bonchev–Trinajstić information content (AvgIpc) is 3.36. The molecular weight excluding hydrogens is 392 g/mol. The summed E-state index contributed by atoms with van der Waals surface area (Å²) in [5, 5.41) is 11.8. The van der Waals surface area contributed by atoms with Crippen LogP contribution in [-0.4, -0.2) is 27.0 Å². The van der Waals surface area contributed by atoms with Crippen LogP contribution in [0.25, 0.3) is 11.0 Å². The lowest BCUT2D eigenvalue weighted by Gasteiger charge is -2.19. The van der Waals surface area contributed by atoms with E-state index in [0.717, 1.165) is 42.5 Å². The number of nitrogens with zero attached hydrogens (tertiary/aromatic N) is 2. The Kier molecular flexibility index (Phi) is 7.84. The number of Topliss-reactive ketones (excluding diaryl/α,β-unsaturated/α-hetero) is 1. The van der Waals surface area contributed by atoms with Crippen molar-refractivity contribution in [2.24, 2.45) is 11.8 Å². The van der Waals surface area contributed by atoms with Crippen molar-refractivity contribution >= 4 is 28.2 Å². The lowest BCUT2D eigenvalue weighted by atomic mass is 9.91. The van der Waals surface area contributed by atoms with E-state index in [1.165, 1.54) is 4.88 Å². The molecule has 0 radical (unpaired) electrons. The monoisotopic (exact) mass is 426 g/mol. The SMILES string of the molecule is CCC(CC)n1c(Cc2cccs2)nc2cc(C(=O)C[C@H](CO)CC(C)C)ccc21. The second-order valence-electron chi connectivity index (χ2n) is 8.63. The molecule has 0 aliphatic carbocycles. The third kappa shape index (κ3) is 5.19. The quantitative estimate of drug-likeness (QED) is 0.367. The van der Waals surface area contributed by atoms with Gasteiger partial charge in [0, 0.05) is 35.9 Å². The smallest absolute Gasteiger partial charge is 0.163 e. The molecule has 1 N–H and O–H groups in total. The van der Waals surface area contributed by atoms with E-state index in [-0.39, 0.29) is 18.3 Å². The summed E-state index contributed by atoms with van der Waals surface area (Å²) in [6, 6.07) is 10.6. The fourth-order valence-corrected chi connectivity index (χ4v) is 5.05. The summed E-state index contributed by atoms with van der Waals surface area (Å²) in [6.45, 7) is 8.74. The van der Waals surface area contributed by atoms with E-state index >= 15 is 0 Å². The lowest BCUT2D eigenvalue weighted by Crippen LogP contribution is -2.15. The maximum absolute atomic E-state index is 12.9. The standard InChI is InChI=1S/C25H34N2O2S/c1-5-20(6-2)27-23-10-9-19(24(29)13-18(16-28)12-17(3)4)14-22(23)26-25(27)15-21-8-7-11-30-21/h7-11,14,17-18,20,28H,5-6,12-13,15-16H2,1-4H3/t18-/m1/s1. The van der Waals surface area contributed by atoms with Gasteiger partial charge in [-0.2, -0.15) is 0 Å². The molecule has 0 saturated carbocycles. The van der Waals surface area contributed by atoms with E-state index in [1.807, 2.05) is 12.1 Å². The van der Waals surface area contributed by atoms with Crippen molar-refractivity contribution in [2.45, 2.75) is 65.8 Å². The van der Waals surface area contributed by atoms with Crippen LogP contribution in [0.3, 0.4) is 0 Å². The molecule has 0 unspecified atom stereocenters. The first kappa shape index (κ1) is 22.7. The van der Waals surface area contributed by atoms with Gasteiger partial charge >= 0.3 is 0 Å². The van der Waals surface area contributed by atoms with Crippen LogP contribution in [0.5, 0.6) is 0 Å². The van der Waals surface area contributed by atoms with Crippen LogP contribution < -0.4 is 0 Å². The van der Waals surface area contributed by atoms with Crippen LogP contribution in [0.4, 0.5) is 0 Å². The number of hydrogen-bond donors (Lipinski definition) is 1. The first-order valence-corrected chi connectivity index (χ1v) is 12.0. The third-order valence-corrected chi connectivity index (χ3v) is 6.72. The molecule has 2 aromatic heterocycles. The second-order valence-corrected chi connectivity index (χ2v) is 9.67. The highest BCUT2D eigenvalue weighted by molar-refractivity contribution is 7.09. The largest absolute Gasteiger partial charge is 0.396 e. The van der Waals surface area contributed by atoms with Crippen LogP contribution >= 0.6 is 11.3 Å². The Hall–Kier alpha value is -1.98. The molecule has 3 rings (SSSR count). The van der Waals surface area contributed by atoms with Gasteiger partial charge in [0.1, 0.15) is 5.82 Å². The van der Waals surface area contributed by atoms with Gasteiger partial charge in [-0.1, -0.05) is 33.8 Å². The topological polar surface area (TPSA) is 55.1 Å². The number of aliphatic hydroxyl groups is 1. The molecule has 30 heavy (non-hydrogen) atoms. The Morgan fingerprint density at radius 2 is 1.97 bits per heavy atom. The maximum Gasteiger partial charge on any atom is 0.163 e. The number of aliphatic hydroxyl groups excluding tert-OH is 1. The highest BCUT2D eigenvalue weighted by Gasteiger charge is 2.20. The number of hydrogen-bond acceptors (Lipinski definition) is 4. The number of carbonyl (C=O) groups is 1. The molecule has 0 aliphatic rings. The van der Waals surface area contributed by atoms with Gasteiger partial charge in [-0.3, -0.25) is 4.79 Å². The summed E-state index contributed by atoms with van der Waals surface area (Å²) in [5.74, 6) is 1.64. The molecule has 5 heteroatoms. The molecule has 0 amide bonds. The Balaban J connectivity index is 1.94.